The number of ether oxygens (including phenoxy) is 4. The van der Waals surface area contributed by atoms with Crippen molar-refractivity contribution in [1.82, 2.24) is 0 Å². The third-order valence-electron chi connectivity index (χ3n) is 3.99. The average Bonchev–Trinajstić information content (AvgIpc) is 2.67. The number of hydrogen-bond acceptors (Lipinski definition) is 9. The van der Waals surface area contributed by atoms with E-state index in [0.29, 0.717) is 6.42 Å². The molecule has 0 heterocycles. The van der Waals surface area contributed by atoms with Crippen molar-refractivity contribution in [3.8, 4) is 0 Å². The molecule has 30 heavy (non-hydrogen) atoms. The van der Waals surface area contributed by atoms with Crippen LogP contribution in [0.2, 0.25) is 0 Å². The second-order valence-electron chi connectivity index (χ2n) is 7.19. The Kier molecular flexibility index (Phi) is 12.3. The summed E-state index contributed by atoms with van der Waals surface area (Å²) < 4.78 is 20.0. The van der Waals surface area contributed by atoms with Gasteiger partial charge in [0.15, 0.2) is 6.10 Å². The van der Waals surface area contributed by atoms with Gasteiger partial charge in [-0.1, -0.05) is 20.1 Å². The average molecular weight is 428 g/mol. The van der Waals surface area contributed by atoms with Crippen LogP contribution in [0, 0.1) is 0 Å². The van der Waals surface area contributed by atoms with Gasteiger partial charge in [-0.15, -0.1) is 0 Å². The van der Waals surface area contributed by atoms with Crippen LogP contribution in [-0.4, -0.2) is 60.5 Å². The van der Waals surface area contributed by atoms with Crippen LogP contribution in [0.4, 0.5) is 0 Å². The molecule has 0 rings (SSSR count). The molecule has 1 N–H and O–H groups in total. The van der Waals surface area contributed by atoms with Gasteiger partial charge in [-0.3, -0.25) is 9.59 Å². The van der Waals surface area contributed by atoms with Crippen LogP contribution < -0.4 is 0 Å². The lowest BCUT2D eigenvalue weighted by molar-refractivity contribution is -0.165. The Morgan fingerprint density at radius 1 is 0.900 bits per heavy atom. The Balaban J connectivity index is 4.54. The zero-order chi connectivity index (χ0) is 23.3. The van der Waals surface area contributed by atoms with E-state index in [1.165, 1.54) is 13.8 Å². The van der Waals surface area contributed by atoms with E-state index in [9.17, 15) is 24.3 Å². The van der Waals surface area contributed by atoms with E-state index in [-0.39, 0.29) is 50.2 Å². The van der Waals surface area contributed by atoms with E-state index < -0.39 is 35.6 Å². The first kappa shape index (κ1) is 27.3. The molecule has 0 aliphatic carbocycles. The summed E-state index contributed by atoms with van der Waals surface area (Å²) in [6.07, 6.45) is -0.757. The summed E-state index contributed by atoms with van der Waals surface area (Å²) >= 11 is 0. The molecule has 9 nitrogen and oxygen atoms in total. The fourth-order valence-corrected chi connectivity index (χ4v) is 1.78. The van der Waals surface area contributed by atoms with Gasteiger partial charge in [-0.2, -0.15) is 0 Å². The predicted molar refractivity (Wildman–Crippen MR) is 107 cm³/mol. The van der Waals surface area contributed by atoms with E-state index in [0.717, 1.165) is 0 Å². The van der Waals surface area contributed by atoms with Crippen molar-refractivity contribution < 1.29 is 43.2 Å². The standard InChI is InChI=1S/C21H32O9/c1-7-21(6,26)10-11-27-17(22)8-9-18(23)30-16(12-28-19(24)14(2)3)13-29-20(25)15(4)5/h16,26H,2,4,7-13H2,1,3,5-6H3. The highest BCUT2D eigenvalue weighted by atomic mass is 16.6. The second-order valence-corrected chi connectivity index (χ2v) is 7.19. The van der Waals surface area contributed by atoms with Gasteiger partial charge < -0.3 is 24.1 Å². The maximum atomic E-state index is 12.0. The van der Waals surface area contributed by atoms with Crippen molar-refractivity contribution in [3.05, 3.63) is 24.3 Å². The molecule has 0 fully saturated rings. The predicted octanol–water partition coefficient (Wildman–Crippen LogP) is 2.01. The summed E-state index contributed by atoms with van der Waals surface area (Å²) in [5, 5.41) is 9.85. The van der Waals surface area contributed by atoms with Gasteiger partial charge in [0.25, 0.3) is 0 Å². The minimum atomic E-state index is -1.06. The topological polar surface area (TPSA) is 125 Å². The Hall–Kier alpha value is -2.68. The van der Waals surface area contributed by atoms with Gasteiger partial charge in [0, 0.05) is 17.6 Å². The monoisotopic (exact) mass is 428 g/mol. The molecule has 0 aromatic heterocycles. The zero-order valence-corrected chi connectivity index (χ0v) is 18.2. The molecule has 0 aromatic carbocycles. The number of carbonyl (C=O) groups excluding carboxylic acids is 4. The Morgan fingerprint density at radius 3 is 1.80 bits per heavy atom. The molecule has 0 saturated carbocycles. The number of esters is 4. The highest BCUT2D eigenvalue weighted by Gasteiger charge is 2.21. The largest absolute Gasteiger partial charge is 0.466 e. The first-order chi connectivity index (χ1) is 13.9. The summed E-state index contributed by atoms with van der Waals surface area (Å²) in [6.45, 7) is 12.6. The molecule has 1 atom stereocenters. The lowest BCUT2D eigenvalue weighted by Crippen LogP contribution is -2.31. The molecule has 170 valence electrons. The fraction of sp³-hybridized carbons (Fsp3) is 0.619. The molecule has 0 aromatic rings. The molecule has 0 aliphatic heterocycles. The van der Waals surface area contributed by atoms with E-state index >= 15 is 0 Å². The van der Waals surface area contributed by atoms with Crippen molar-refractivity contribution in [3.63, 3.8) is 0 Å². The second kappa shape index (κ2) is 13.5. The van der Waals surface area contributed by atoms with E-state index in [1.807, 2.05) is 6.92 Å². The van der Waals surface area contributed by atoms with Crippen molar-refractivity contribution in [1.29, 1.82) is 0 Å². The van der Waals surface area contributed by atoms with E-state index in [1.54, 1.807) is 6.92 Å². The number of carbonyl (C=O) groups is 4. The van der Waals surface area contributed by atoms with Crippen molar-refractivity contribution in [2.24, 2.45) is 0 Å². The van der Waals surface area contributed by atoms with Crippen molar-refractivity contribution >= 4 is 23.9 Å². The van der Waals surface area contributed by atoms with Crippen LogP contribution >= 0.6 is 0 Å². The van der Waals surface area contributed by atoms with Crippen LogP contribution in [0.3, 0.4) is 0 Å². The molecule has 9 heteroatoms. The normalized spacial score (nSPS) is 12.5. The molecule has 1 unspecified atom stereocenters. The Labute approximate surface area is 177 Å². The third-order valence-corrected chi connectivity index (χ3v) is 3.99. The van der Waals surface area contributed by atoms with Gasteiger partial charge in [-0.05, 0) is 27.2 Å². The van der Waals surface area contributed by atoms with Gasteiger partial charge in [-0.25, -0.2) is 9.59 Å². The lowest BCUT2D eigenvalue weighted by atomic mass is 10.0. The molecule has 0 aliphatic rings. The number of rotatable bonds is 14. The van der Waals surface area contributed by atoms with Crippen LogP contribution in [-0.2, 0) is 38.1 Å². The number of hydrogen-bond donors (Lipinski definition) is 1. The molecule has 0 spiro atoms. The smallest absolute Gasteiger partial charge is 0.333 e. The van der Waals surface area contributed by atoms with E-state index in [2.05, 4.69) is 13.2 Å². The molecular formula is C21H32O9. The van der Waals surface area contributed by atoms with Crippen molar-refractivity contribution in [2.45, 2.75) is 65.1 Å². The first-order valence-corrected chi connectivity index (χ1v) is 9.60. The van der Waals surface area contributed by atoms with Crippen LogP contribution in [0.1, 0.15) is 53.4 Å². The molecule has 0 amide bonds. The van der Waals surface area contributed by atoms with Gasteiger partial charge in [0.05, 0.1) is 25.0 Å². The molecule has 0 bridgehead atoms. The summed E-state index contributed by atoms with van der Waals surface area (Å²) in [5.74, 6) is -2.74. The van der Waals surface area contributed by atoms with Gasteiger partial charge in [0.1, 0.15) is 13.2 Å². The quantitative estimate of drug-likeness (QED) is 0.251. The van der Waals surface area contributed by atoms with Crippen LogP contribution in [0.5, 0.6) is 0 Å². The maximum absolute atomic E-state index is 12.0. The first-order valence-electron chi connectivity index (χ1n) is 9.60. The minimum absolute atomic E-state index is 0.0328. The summed E-state index contributed by atoms with van der Waals surface area (Å²) in [7, 11) is 0. The third kappa shape index (κ3) is 12.7. The van der Waals surface area contributed by atoms with E-state index in [4.69, 9.17) is 18.9 Å². The SMILES string of the molecule is C=C(C)C(=O)OCC(COC(=O)C(=C)C)OC(=O)CCC(=O)OCCC(C)(O)CC. The lowest BCUT2D eigenvalue weighted by Gasteiger charge is -2.20. The molecular weight excluding hydrogens is 396 g/mol. The highest BCUT2D eigenvalue weighted by molar-refractivity contribution is 5.87. The summed E-state index contributed by atoms with van der Waals surface area (Å²) in [6, 6.07) is 0. The summed E-state index contributed by atoms with van der Waals surface area (Å²) in [5.41, 5.74) is -0.609. The van der Waals surface area contributed by atoms with Crippen LogP contribution in [0.25, 0.3) is 0 Å². The van der Waals surface area contributed by atoms with Gasteiger partial charge in [0.2, 0.25) is 0 Å². The van der Waals surface area contributed by atoms with Crippen molar-refractivity contribution in [2.75, 3.05) is 19.8 Å². The Bertz CT molecular complexity index is 619. The fourth-order valence-electron chi connectivity index (χ4n) is 1.78. The molecule has 0 radical (unpaired) electrons. The minimum Gasteiger partial charge on any atom is -0.466 e. The van der Waals surface area contributed by atoms with Crippen LogP contribution in [0.15, 0.2) is 24.3 Å². The summed E-state index contributed by atoms with van der Waals surface area (Å²) in [4.78, 5) is 46.8. The van der Waals surface area contributed by atoms with Gasteiger partial charge >= 0.3 is 23.9 Å². The highest BCUT2D eigenvalue weighted by Crippen LogP contribution is 2.13. The molecule has 0 saturated heterocycles. The maximum Gasteiger partial charge on any atom is 0.333 e. The zero-order valence-electron chi connectivity index (χ0n) is 18.2. The Morgan fingerprint density at radius 2 is 1.37 bits per heavy atom. The number of aliphatic hydroxyl groups is 1.